The van der Waals surface area contributed by atoms with E-state index in [1.807, 2.05) is 0 Å². The van der Waals surface area contributed by atoms with Gasteiger partial charge in [0.2, 0.25) is 5.91 Å². The van der Waals surface area contributed by atoms with Crippen LogP contribution in [0, 0.1) is 17.6 Å². The standard InChI is InChI=1S/C18H23F2N3O2/c1-12-10-13(4-5-21-12)17(24)22-6-8-23(9-7-22)18(25)15-3-2-14(19)11-16(15)20/h2-3,11-13,21H,4-10H2,1H3/t12-,13-/m0/s1. The van der Waals surface area contributed by atoms with Crippen LogP contribution in [0.1, 0.15) is 30.1 Å². The number of nitrogens with one attached hydrogen (secondary N) is 1. The zero-order valence-electron chi connectivity index (χ0n) is 14.3. The molecule has 5 nitrogen and oxygen atoms in total. The van der Waals surface area contributed by atoms with Gasteiger partial charge in [0.25, 0.3) is 5.91 Å². The molecule has 2 aliphatic heterocycles. The summed E-state index contributed by atoms with van der Waals surface area (Å²) in [5.74, 6) is -1.84. The number of carbonyl (C=O) groups is 2. The SMILES string of the molecule is C[C@H]1C[C@@H](C(=O)N2CCN(C(=O)c3ccc(F)cc3F)CC2)CCN1. The summed E-state index contributed by atoms with van der Waals surface area (Å²) < 4.78 is 26.8. The highest BCUT2D eigenvalue weighted by Crippen LogP contribution is 2.20. The third-order valence-corrected chi connectivity index (χ3v) is 5.01. The molecule has 0 saturated carbocycles. The summed E-state index contributed by atoms with van der Waals surface area (Å²) >= 11 is 0. The van der Waals surface area contributed by atoms with Gasteiger partial charge in [-0.15, -0.1) is 0 Å². The van der Waals surface area contributed by atoms with Crippen molar-refractivity contribution in [1.82, 2.24) is 15.1 Å². The van der Waals surface area contributed by atoms with E-state index in [2.05, 4.69) is 12.2 Å². The largest absolute Gasteiger partial charge is 0.339 e. The van der Waals surface area contributed by atoms with Gasteiger partial charge in [0, 0.05) is 44.2 Å². The average Bonchev–Trinajstić information content (AvgIpc) is 2.61. The monoisotopic (exact) mass is 351 g/mol. The molecule has 2 saturated heterocycles. The second-order valence-electron chi connectivity index (χ2n) is 6.82. The minimum atomic E-state index is -0.854. The van der Waals surface area contributed by atoms with Gasteiger partial charge in [0.05, 0.1) is 5.56 Å². The number of halogens is 2. The fourth-order valence-corrected chi connectivity index (χ4v) is 3.58. The fourth-order valence-electron chi connectivity index (χ4n) is 3.58. The molecular formula is C18H23F2N3O2. The van der Waals surface area contributed by atoms with Gasteiger partial charge >= 0.3 is 0 Å². The van der Waals surface area contributed by atoms with Crippen LogP contribution in [0.5, 0.6) is 0 Å². The number of piperidine rings is 1. The van der Waals surface area contributed by atoms with Gasteiger partial charge in [-0.1, -0.05) is 0 Å². The maximum atomic E-state index is 13.8. The second-order valence-corrected chi connectivity index (χ2v) is 6.82. The Morgan fingerprint density at radius 3 is 2.44 bits per heavy atom. The lowest BCUT2D eigenvalue weighted by Crippen LogP contribution is -2.53. The molecule has 1 aromatic rings. The van der Waals surface area contributed by atoms with Crippen LogP contribution < -0.4 is 5.32 Å². The first-order valence-electron chi connectivity index (χ1n) is 8.72. The van der Waals surface area contributed by atoms with Crippen LogP contribution in [-0.4, -0.2) is 60.4 Å². The molecule has 25 heavy (non-hydrogen) atoms. The molecule has 2 atom stereocenters. The Morgan fingerprint density at radius 2 is 1.80 bits per heavy atom. The molecule has 1 aromatic carbocycles. The Morgan fingerprint density at radius 1 is 1.12 bits per heavy atom. The molecule has 2 amide bonds. The number of carbonyl (C=O) groups excluding carboxylic acids is 2. The smallest absolute Gasteiger partial charge is 0.256 e. The molecule has 0 radical (unpaired) electrons. The zero-order valence-corrected chi connectivity index (χ0v) is 14.3. The topological polar surface area (TPSA) is 52.7 Å². The summed E-state index contributed by atoms with van der Waals surface area (Å²) in [4.78, 5) is 28.4. The summed E-state index contributed by atoms with van der Waals surface area (Å²) in [5.41, 5.74) is -0.131. The van der Waals surface area contributed by atoms with Crippen LogP contribution in [0.3, 0.4) is 0 Å². The molecule has 2 aliphatic rings. The Labute approximate surface area is 146 Å². The molecule has 0 bridgehead atoms. The third-order valence-electron chi connectivity index (χ3n) is 5.01. The number of hydrogen-bond acceptors (Lipinski definition) is 3. The highest BCUT2D eigenvalue weighted by molar-refractivity contribution is 5.94. The van der Waals surface area contributed by atoms with Crippen molar-refractivity contribution < 1.29 is 18.4 Å². The first-order valence-corrected chi connectivity index (χ1v) is 8.72. The van der Waals surface area contributed by atoms with E-state index in [0.717, 1.165) is 25.5 Å². The number of piperazine rings is 1. The van der Waals surface area contributed by atoms with Gasteiger partial charge in [0.1, 0.15) is 11.6 Å². The highest BCUT2D eigenvalue weighted by atomic mass is 19.1. The first-order chi connectivity index (χ1) is 12.0. The van der Waals surface area contributed by atoms with Gasteiger partial charge in [0.15, 0.2) is 0 Å². The van der Waals surface area contributed by atoms with Gasteiger partial charge in [-0.2, -0.15) is 0 Å². The summed E-state index contributed by atoms with van der Waals surface area (Å²) in [5, 5.41) is 3.33. The minimum absolute atomic E-state index is 0.0352. The van der Waals surface area contributed by atoms with E-state index in [-0.39, 0.29) is 17.4 Å². The summed E-state index contributed by atoms with van der Waals surface area (Å²) in [6.07, 6.45) is 1.67. The Bertz CT molecular complexity index is 660. The number of amides is 2. The minimum Gasteiger partial charge on any atom is -0.339 e. The lowest BCUT2D eigenvalue weighted by atomic mass is 9.92. The van der Waals surface area contributed by atoms with E-state index < -0.39 is 17.5 Å². The van der Waals surface area contributed by atoms with Crippen molar-refractivity contribution in [3.63, 3.8) is 0 Å². The van der Waals surface area contributed by atoms with Gasteiger partial charge in [-0.25, -0.2) is 8.78 Å². The molecule has 136 valence electrons. The molecule has 3 rings (SSSR count). The normalized spacial score (nSPS) is 24.3. The van der Waals surface area contributed by atoms with E-state index in [1.54, 1.807) is 4.90 Å². The lowest BCUT2D eigenvalue weighted by molar-refractivity contribution is -0.138. The van der Waals surface area contributed by atoms with Crippen molar-refractivity contribution in [3.05, 3.63) is 35.4 Å². The molecule has 0 aromatic heterocycles. The molecule has 0 spiro atoms. The lowest BCUT2D eigenvalue weighted by Gasteiger charge is -2.38. The molecule has 2 fully saturated rings. The molecule has 0 unspecified atom stereocenters. The van der Waals surface area contributed by atoms with E-state index in [9.17, 15) is 18.4 Å². The van der Waals surface area contributed by atoms with Crippen LogP contribution in [0.25, 0.3) is 0 Å². The fraction of sp³-hybridized carbons (Fsp3) is 0.556. The maximum Gasteiger partial charge on any atom is 0.256 e. The molecule has 7 heteroatoms. The van der Waals surface area contributed by atoms with Crippen LogP contribution >= 0.6 is 0 Å². The summed E-state index contributed by atoms with van der Waals surface area (Å²) in [6.45, 7) is 4.55. The van der Waals surface area contributed by atoms with Crippen LogP contribution in [-0.2, 0) is 4.79 Å². The van der Waals surface area contributed by atoms with E-state index in [0.29, 0.717) is 38.3 Å². The predicted octanol–water partition coefficient (Wildman–Crippen LogP) is 1.64. The van der Waals surface area contributed by atoms with Crippen molar-refractivity contribution in [2.45, 2.75) is 25.8 Å². The Balaban J connectivity index is 1.58. The number of rotatable bonds is 2. The molecule has 0 aliphatic carbocycles. The first kappa shape index (κ1) is 17.8. The zero-order chi connectivity index (χ0) is 18.0. The molecule has 2 heterocycles. The predicted molar refractivity (Wildman–Crippen MR) is 89.0 cm³/mol. The summed E-state index contributed by atoms with van der Waals surface area (Å²) in [6, 6.07) is 3.30. The number of benzene rings is 1. The quantitative estimate of drug-likeness (QED) is 0.881. The van der Waals surface area contributed by atoms with Gasteiger partial charge in [-0.3, -0.25) is 9.59 Å². The highest BCUT2D eigenvalue weighted by Gasteiger charge is 2.31. The van der Waals surface area contributed by atoms with E-state index in [4.69, 9.17) is 0 Å². The second kappa shape index (κ2) is 7.47. The van der Waals surface area contributed by atoms with Crippen molar-refractivity contribution >= 4 is 11.8 Å². The van der Waals surface area contributed by atoms with Gasteiger partial charge < -0.3 is 15.1 Å². The van der Waals surface area contributed by atoms with E-state index >= 15 is 0 Å². The van der Waals surface area contributed by atoms with Crippen LogP contribution in [0.15, 0.2) is 18.2 Å². The van der Waals surface area contributed by atoms with Crippen molar-refractivity contribution in [1.29, 1.82) is 0 Å². The summed E-state index contributed by atoms with van der Waals surface area (Å²) in [7, 11) is 0. The molecule has 1 N–H and O–H groups in total. The third kappa shape index (κ3) is 3.98. The van der Waals surface area contributed by atoms with Crippen molar-refractivity contribution in [2.24, 2.45) is 5.92 Å². The molecular weight excluding hydrogens is 328 g/mol. The number of hydrogen-bond donors (Lipinski definition) is 1. The Hall–Kier alpha value is -2.02. The van der Waals surface area contributed by atoms with E-state index in [1.165, 1.54) is 11.0 Å². The van der Waals surface area contributed by atoms with Crippen LogP contribution in [0.4, 0.5) is 8.78 Å². The average molecular weight is 351 g/mol. The van der Waals surface area contributed by atoms with Crippen molar-refractivity contribution in [3.8, 4) is 0 Å². The number of nitrogens with zero attached hydrogens (tertiary/aromatic N) is 2. The van der Waals surface area contributed by atoms with Crippen LogP contribution in [0.2, 0.25) is 0 Å². The van der Waals surface area contributed by atoms with Gasteiger partial charge in [-0.05, 0) is 38.4 Å². The Kier molecular flexibility index (Phi) is 5.32. The van der Waals surface area contributed by atoms with Crippen molar-refractivity contribution in [2.75, 3.05) is 32.7 Å². The maximum absolute atomic E-state index is 13.8.